The summed E-state index contributed by atoms with van der Waals surface area (Å²) < 4.78 is 0. The van der Waals surface area contributed by atoms with Gasteiger partial charge in [0.1, 0.15) is 0 Å². The molecular formula is C10H12ClN3O2. The number of nitrogens with one attached hydrogen (secondary N) is 1. The number of carbonyl (C=O) groups is 1. The van der Waals surface area contributed by atoms with E-state index in [0.29, 0.717) is 5.02 Å². The van der Waals surface area contributed by atoms with E-state index in [9.17, 15) is 4.79 Å². The van der Waals surface area contributed by atoms with Gasteiger partial charge in [-0.05, 0) is 17.7 Å². The van der Waals surface area contributed by atoms with Gasteiger partial charge in [0.25, 0.3) is 0 Å². The molecule has 0 atom stereocenters. The van der Waals surface area contributed by atoms with E-state index >= 15 is 0 Å². The molecule has 16 heavy (non-hydrogen) atoms. The maximum atomic E-state index is 11.4. The number of amides is 1. The van der Waals surface area contributed by atoms with Gasteiger partial charge in [-0.1, -0.05) is 28.9 Å². The third kappa shape index (κ3) is 4.18. The van der Waals surface area contributed by atoms with Crippen LogP contribution in [0.3, 0.4) is 0 Å². The maximum Gasteiger partial charge on any atom is 0.224 e. The summed E-state index contributed by atoms with van der Waals surface area (Å²) in [6, 6.07) is 7.02. The quantitative estimate of drug-likeness (QED) is 0.315. The zero-order chi connectivity index (χ0) is 12.0. The number of nitrogens with two attached hydrogens (primary N) is 1. The molecule has 0 fully saturated rings. The normalized spacial score (nSPS) is 11.2. The van der Waals surface area contributed by atoms with Gasteiger partial charge in [-0.2, -0.15) is 0 Å². The molecule has 0 saturated heterocycles. The minimum atomic E-state index is -0.214. The number of amidine groups is 1. The summed E-state index contributed by atoms with van der Waals surface area (Å²) in [5.41, 5.74) is 6.01. The summed E-state index contributed by atoms with van der Waals surface area (Å²) in [5.74, 6) is -0.256. The van der Waals surface area contributed by atoms with Crippen molar-refractivity contribution in [2.75, 3.05) is 6.54 Å². The second-order valence-electron chi connectivity index (χ2n) is 3.17. The lowest BCUT2D eigenvalue weighted by Crippen LogP contribution is -2.34. The van der Waals surface area contributed by atoms with Crippen LogP contribution in [0.4, 0.5) is 0 Å². The van der Waals surface area contributed by atoms with Gasteiger partial charge >= 0.3 is 0 Å². The molecule has 0 radical (unpaired) electrons. The highest BCUT2D eigenvalue weighted by Gasteiger charge is 2.04. The number of benzene rings is 1. The Labute approximate surface area is 97.9 Å². The molecule has 1 amide bonds. The molecule has 4 N–H and O–H groups in total. The topological polar surface area (TPSA) is 87.7 Å². The van der Waals surface area contributed by atoms with E-state index in [1.54, 1.807) is 24.3 Å². The molecular weight excluding hydrogens is 230 g/mol. The smallest absolute Gasteiger partial charge is 0.224 e. The molecule has 0 aliphatic carbocycles. The minimum absolute atomic E-state index is 0.0237. The highest BCUT2D eigenvalue weighted by molar-refractivity contribution is 6.30. The fourth-order valence-corrected chi connectivity index (χ4v) is 1.33. The SMILES string of the molecule is NC(CNC(=O)Cc1cccc(Cl)c1)=NO. The van der Waals surface area contributed by atoms with Gasteiger partial charge in [-0.25, -0.2) is 0 Å². The van der Waals surface area contributed by atoms with Crippen molar-refractivity contribution in [3.63, 3.8) is 0 Å². The summed E-state index contributed by atoms with van der Waals surface area (Å²) in [6.07, 6.45) is 0.208. The van der Waals surface area contributed by atoms with Crippen LogP contribution >= 0.6 is 11.6 Å². The van der Waals surface area contributed by atoms with Crippen LogP contribution in [0.15, 0.2) is 29.4 Å². The van der Waals surface area contributed by atoms with Gasteiger partial charge in [0.15, 0.2) is 5.84 Å². The Morgan fingerprint density at radius 2 is 2.31 bits per heavy atom. The van der Waals surface area contributed by atoms with Gasteiger partial charge < -0.3 is 16.3 Å². The first-order chi connectivity index (χ1) is 7.61. The molecule has 0 unspecified atom stereocenters. The lowest BCUT2D eigenvalue weighted by Gasteiger charge is -2.04. The summed E-state index contributed by atoms with van der Waals surface area (Å²) in [5, 5.41) is 14.1. The summed E-state index contributed by atoms with van der Waals surface area (Å²) in [4.78, 5) is 11.4. The van der Waals surface area contributed by atoms with Crippen molar-refractivity contribution in [2.45, 2.75) is 6.42 Å². The molecule has 0 aliphatic heterocycles. The number of hydrogen-bond acceptors (Lipinski definition) is 3. The predicted molar refractivity (Wildman–Crippen MR) is 61.6 cm³/mol. The highest BCUT2D eigenvalue weighted by Crippen LogP contribution is 2.10. The zero-order valence-electron chi connectivity index (χ0n) is 8.48. The average molecular weight is 242 g/mol. The van der Waals surface area contributed by atoms with Gasteiger partial charge in [-0.3, -0.25) is 4.79 Å². The van der Waals surface area contributed by atoms with Crippen molar-refractivity contribution >= 4 is 23.3 Å². The van der Waals surface area contributed by atoms with Crippen LogP contribution in [0.2, 0.25) is 5.02 Å². The molecule has 86 valence electrons. The maximum absolute atomic E-state index is 11.4. The standard InChI is InChI=1S/C10H12ClN3O2/c11-8-3-1-2-7(4-8)5-10(15)13-6-9(12)14-16/h1-4,16H,5-6H2,(H2,12,14)(H,13,15). The van der Waals surface area contributed by atoms with Gasteiger partial charge in [0, 0.05) is 5.02 Å². The molecule has 1 aromatic carbocycles. The van der Waals surface area contributed by atoms with E-state index in [0.717, 1.165) is 5.56 Å². The number of halogens is 1. The van der Waals surface area contributed by atoms with Crippen LogP contribution in [0.25, 0.3) is 0 Å². The van der Waals surface area contributed by atoms with Gasteiger partial charge in [0.05, 0.1) is 13.0 Å². The van der Waals surface area contributed by atoms with Crippen molar-refractivity contribution < 1.29 is 10.0 Å². The third-order valence-electron chi connectivity index (χ3n) is 1.85. The minimum Gasteiger partial charge on any atom is -0.409 e. The van der Waals surface area contributed by atoms with Crippen molar-refractivity contribution in [1.82, 2.24) is 5.32 Å². The van der Waals surface area contributed by atoms with Crippen molar-refractivity contribution in [2.24, 2.45) is 10.9 Å². The Hall–Kier alpha value is -1.75. The second kappa shape index (κ2) is 5.97. The van der Waals surface area contributed by atoms with Crippen LogP contribution in [0.5, 0.6) is 0 Å². The van der Waals surface area contributed by atoms with Crippen LogP contribution < -0.4 is 11.1 Å². The average Bonchev–Trinajstić information content (AvgIpc) is 2.26. The molecule has 0 saturated carbocycles. The first kappa shape index (κ1) is 12.3. The monoisotopic (exact) mass is 241 g/mol. The van der Waals surface area contributed by atoms with Gasteiger partial charge in [0.2, 0.25) is 5.91 Å². The number of hydrogen-bond donors (Lipinski definition) is 3. The Bertz CT molecular complexity index is 407. The van der Waals surface area contributed by atoms with E-state index in [-0.39, 0.29) is 24.7 Å². The van der Waals surface area contributed by atoms with Crippen LogP contribution in [-0.4, -0.2) is 23.5 Å². The van der Waals surface area contributed by atoms with E-state index in [2.05, 4.69) is 10.5 Å². The Kier molecular flexibility index (Phi) is 4.60. The van der Waals surface area contributed by atoms with Crippen molar-refractivity contribution in [3.8, 4) is 0 Å². The lowest BCUT2D eigenvalue weighted by molar-refractivity contribution is -0.120. The Balaban J connectivity index is 2.46. The number of rotatable bonds is 4. The molecule has 0 heterocycles. The van der Waals surface area contributed by atoms with Crippen molar-refractivity contribution in [3.05, 3.63) is 34.9 Å². The number of oxime groups is 1. The molecule has 1 aromatic rings. The third-order valence-corrected chi connectivity index (χ3v) is 2.08. The fourth-order valence-electron chi connectivity index (χ4n) is 1.12. The zero-order valence-corrected chi connectivity index (χ0v) is 9.24. The molecule has 0 aromatic heterocycles. The van der Waals surface area contributed by atoms with Crippen molar-refractivity contribution in [1.29, 1.82) is 0 Å². The molecule has 0 spiro atoms. The second-order valence-corrected chi connectivity index (χ2v) is 3.61. The van der Waals surface area contributed by atoms with E-state index in [1.807, 2.05) is 0 Å². The van der Waals surface area contributed by atoms with Gasteiger partial charge in [-0.15, -0.1) is 0 Å². The molecule has 0 bridgehead atoms. The largest absolute Gasteiger partial charge is 0.409 e. The molecule has 1 rings (SSSR count). The highest BCUT2D eigenvalue weighted by atomic mass is 35.5. The lowest BCUT2D eigenvalue weighted by atomic mass is 10.1. The Morgan fingerprint density at radius 1 is 1.56 bits per heavy atom. The first-order valence-electron chi connectivity index (χ1n) is 4.59. The van der Waals surface area contributed by atoms with E-state index in [4.69, 9.17) is 22.5 Å². The molecule has 5 nitrogen and oxygen atoms in total. The fraction of sp³-hybridized carbons (Fsp3) is 0.200. The Morgan fingerprint density at radius 3 is 2.94 bits per heavy atom. The molecule has 0 aliphatic rings. The first-order valence-corrected chi connectivity index (χ1v) is 4.97. The van der Waals surface area contributed by atoms with E-state index < -0.39 is 0 Å². The summed E-state index contributed by atoms with van der Waals surface area (Å²) in [7, 11) is 0. The van der Waals surface area contributed by atoms with Crippen LogP contribution in [0.1, 0.15) is 5.56 Å². The number of nitrogens with zero attached hydrogens (tertiary/aromatic N) is 1. The summed E-state index contributed by atoms with van der Waals surface area (Å²) >= 11 is 5.77. The summed E-state index contributed by atoms with van der Waals surface area (Å²) in [6.45, 7) is 0.0237. The van der Waals surface area contributed by atoms with E-state index in [1.165, 1.54) is 0 Å². The van der Waals surface area contributed by atoms with Crippen LogP contribution in [0, 0.1) is 0 Å². The number of carbonyl (C=O) groups excluding carboxylic acids is 1. The molecule has 6 heteroatoms. The predicted octanol–water partition coefficient (Wildman–Crippen LogP) is 0.745. The van der Waals surface area contributed by atoms with Crippen LogP contribution in [-0.2, 0) is 11.2 Å².